The monoisotopic (exact) mass is 208 g/mol. The number of rotatable bonds is 2. The van der Waals surface area contributed by atoms with Crippen molar-refractivity contribution in [3.05, 3.63) is 29.3 Å². The van der Waals surface area contributed by atoms with E-state index < -0.39 is 5.97 Å². The number of carboxylic acids is 1. The molecule has 0 bridgehead atoms. The Morgan fingerprint density at radius 3 is 2.53 bits per heavy atom. The first-order chi connectivity index (χ1) is 7.06. The van der Waals surface area contributed by atoms with E-state index in [0.717, 1.165) is 0 Å². The van der Waals surface area contributed by atoms with Crippen LogP contribution in [0.25, 0.3) is 0 Å². The van der Waals surface area contributed by atoms with Crippen molar-refractivity contribution in [3.63, 3.8) is 0 Å². The molecular weight excluding hydrogens is 196 g/mol. The van der Waals surface area contributed by atoms with Gasteiger partial charge in [-0.2, -0.15) is 0 Å². The van der Waals surface area contributed by atoms with Crippen LogP contribution in [0.15, 0.2) is 18.2 Å². The van der Waals surface area contributed by atoms with Crippen molar-refractivity contribution in [1.82, 2.24) is 5.32 Å². The van der Waals surface area contributed by atoms with E-state index in [4.69, 9.17) is 5.11 Å². The Kier molecular flexibility index (Phi) is 3.28. The SMILES string of the molecule is CNC(=O)Nc1cccc(C(=O)O)c1C. The molecule has 0 heterocycles. The topological polar surface area (TPSA) is 78.4 Å². The highest BCUT2D eigenvalue weighted by atomic mass is 16.4. The van der Waals surface area contributed by atoms with Crippen molar-refractivity contribution in [3.8, 4) is 0 Å². The van der Waals surface area contributed by atoms with Crippen LogP contribution in [0, 0.1) is 6.92 Å². The number of amides is 2. The summed E-state index contributed by atoms with van der Waals surface area (Å²) in [6.07, 6.45) is 0. The Hall–Kier alpha value is -2.04. The highest BCUT2D eigenvalue weighted by Crippen LogP contribution is 2.18. The van der Waals surface area contributed by atoms with E-state index in [1.807, 2.05) is 0 Å². The molecule has 1 aromatic carbocycles. The number of carbonyl (C=O) groups excluding carboxylic acids is 1. The van der Waals surface area contributed by atoms with Gasteiger partial charge in [-0.15, -0.1) is 0 Å². The third-order valence-corrected chi connectivity index (χ3v) is 2.04. The standard InChI is InChI=1S/C10H12N2O3/c1-6-7(9(13)14)4-3-5-8(6)12-10(15)11-2/h3-5H,1-2H3,(H,13,14)(H2,11,12,15). The third kappa shape index (κ3) is 2.46. The van der Waals surface area contributed by atoms with Gasteiger partial charge < -0.3 is 15.7 Å². The number of urea groups is 1. The Bertz CT molecular complexity index is 402. The lowest BCUT2D eigenvalue weighted by molar-refractivity contribution is 0.0696. The van der Waals surface area contributed by atoms with Gasteiger partial charge in [-0.3, -0.25) is 0 Å². The molecule has 0 aliphatic rings. The average molecular weight is 208 g/mol. The van der Waals surface area contributed by atoms with Crippen LogP contribution in [0.4, 0.5) is 10.5 Å². The second-order valence-corrected chi connectivity index (χ2v) is 2.99. The summed E-state index contributed by atoms with van der Waals surface area (Å²) >= 11 is 0. The van der Waals surface area contributed by atoms with Crippen LogP contribution in [0.1, 0.15) is 15.9 Å². The third-order valence-electron chi connectivity index (χ3n) is 2.04. The first-order valence-electron chi connectivity index (χ1n) is 4.38. The van der Waals surface area contributed by atoms with Gasteiger partial charge in [0.2, 0.25) is 0 Å². The van der Waals surface area contributed by atoms with Crippen LogP contribution in [0.3, 0.4) is 0 Å². The Morgan fingerprint density at radius 1 is 1.33 bits per heavy atom. The minimum absolute atomic E-state index is 0.184. The van der Waals surface area contributed by atoms with Gasteiger partial charge in [0.15, 0.2) is 0 Å². The second-order valence-electron chi connectivity index (χ2n) is 2.99. The zero-order chi connectivity index (χ0) is 11.4. The van der Waals surface area contributed by atoms with Crippen LogP contribution in [0.2, 0.25) is 0 Å². The molecule has 0 aliphatic heterocycles. The predicted molar refractivity (Wildman–Crippen MR) is 56.2 cm³/mol. The summed E-state index contributed by atoms with van der Waals surface area (Å²) in [6.45, 7) is 1.65. The van der Waals surface area contributed by atoms with Gasteiger partial charge in [0, 0.05) is 12.7 Å². The molecule has 0 radical (unpaired) electrons. The minimum Gasteiger partial charge on any atom is -0.478 e. The lowest BCUT2D eigenvalue weighted by Crippen LogP contribution is -2.25. The summed E-state index contributed by atoms with van der Waals surface area (Å²) in [4.78, 5) is 21.8. The maximum atomic E-state index is 11.0. The fraction of sp³-hybridized carbons (Fsp3) is 0.200. The molecular formula is C10H12N2O3. The molecule has 0 atom stereocenters. The molecule has 15 heavy (non-hydrogen) atoms. The highest BCUT2D eigenvalue weighted by Gasteiger charge is 2.10. The molecule has 5 nitrogen and oxygen atoms in total. The van der Waals surface area contributed by atoms with Crippen molar-refractivity contribution in [1.29, 1.82) is 0 Å². The molecule has 1 rings (SSSR count). The predicted octanol–water partition coefficient (Wildman–Crippen LogP) is 1.44. The first kappa shape index (κ1) is 11.0. The lowest BCUT2D eigenvalue weighted by Gasteiger charge is -2.09. The molecule has 0 saturated carbocycles. The van der Waals surface area contributed by atoms with Crippen LogP contribution in [-0.2, 0) is 0 Å². The number of hydrogen-bond acceptors (Lipinski definition) is 2. The van der Waals surface area contributed by atoms with E-state index in [9.17, 15) is 9.59 Å². The summed E-state index contributed by atoms with van der Waals surface area (Å²) in [5.74, 6) is -1.01. The summed E-state index contributed by atoms with van der Waals surface area (Å²) in [5, 5.41) is 13.8. The van der Waals surface area contributed by atoms with E-state index in [1.54, 1.807) is 19.1 Å². The largest absolute Gasteiger partial charge is 0.478 e. The van der Waals surface area contributed by atoms with Gasteiger partial charge in [0.05, 0.1) is 5.56 Å². The molecule has 0 fully saturated rings. The van der Waals surface area contributed by atoms with Gasteiger partial charge in [0.1, 0.15) is 0 Å². The van der Waals surface area contributed by atoms with E-state index in [2.05, 4.69) is 10.6 Å². The molecule has 0 spiro atoms. The van der Waals surface area contributed by atoms with Gasteiger partial charge in [-0.1, -0.05) is 6.07 Å². The quantitative estimate of drug-likeness (QED) is 0.688. The molecule has 3 N–H and O–H groups in total. The maximum Gasteiger partial charge on any atom is 0.336 e. The van der Waals surface area contributed by atoms with Crippen molar-refractivity contribution in [2.45, 2.75) is 6.92 Å². The normalized spacial score (nSPS) is 9.47. The van der Waals surface area contributed by atoms with Crippen molar-refractivity contribution >= 4 is 17.7 Å². The Labute approximate surface area is 87.1 Å². The van der Waals surface area contributed by atoms with Crippen molar-refractivity contribution in [2.75, 3.05) is 12.4 Å². The maximum absolute atomic E-state index is 11.0. The Morgan fingerprint density at radius 2 is 2.00 bits per heavy atom. The highest BCUT2D eigenvalue weighted by molar-refractivity contribution is 5.95. The van der Waals surface area contributed by atoms with E-state index in [1.165, 1.54) is 13.1 Å². The van der Waals surface area contributed by atoms with Crippen molar-refractivity contribution in [2.24, 2.45) is 0 Å². The fourth-order valence-corrected chi connectivity index (χ4v) is 1.19. The second kappa shape index (κ2) is 4.45. The fourth-order valence-electron chi connectivity index (χ4n) is 1.19. The average Bonchev–Trinajstić information content (AvgIpc) is 2.20. The van der Waals surface area contributed by atoms with Crippen LogP contribution in [0.5, 0.6) is 0 Å². The van der Waals surface area contributed by atoms with Crippen molar-refractivity contribution < 1.29 is 14.7 Å². The van der Waals surface area contributed by atoms with Crippen LogP contribution in [-0.4, -0.2) is 24.2 Å². The molecule has 5 heteroatoms. The Balaban J connectivity index is 3.04. The zero-order valence-electron chi connectivity index (χ0n) is 8.50. The summed E-state index contributed by atoms with van der Waals surface area (Å²) < 4.78 is 0. The van der Waals surface area contributed by atoms with E-state index >= 15 is 0 Å². The number of hydrogen-bond donors (Lipinski definition) is 3. The number of carbonyl (C=O) groups is 2. The van der Waals surface area contributed by atoms with Gasteiger partial charge in [-0.25, -0.2) is 9.59 Å². The number of carboxylic acid groups (broad SMARTS) is 1. The van der Waals surface area contributed by atoms with Gasteiger partial charge in [-0.05, 0) is 24.6 Å². The minimum atomic E-state index is -1.01. The molecule has 0 aliphatic carbocycles. The summed E-state index contributed by atoms with van der Waals surface area (Å²) in [5.41, 5.74) is 1.21. The zero-order valence-corrected chi connectivity index (χ0v) is 8.50. The molecule has 2 amide bonds. The number of nitrogens with one attached hydrogen (secondary N) is 2. The molecule has 80 valence electrons. The van der Waals surface area contributed by atoms with E-state index in [-0.39, 0.29) is 11.6 Å². The van der Waals surface area contributed by atoms with Crippen LogP contribution >= 0.6 is 0 Å². The first-order valence-corrected chi connectivity index (χ1v) is 4.38. The summed E-state index contributed by atoms with van der Waals surface area (Å²) in [6, 6.07) is 4.35. The molecule has 0 saturated heterocycles. The lowest BCUT2D eigenvalue weighted by atomic mass is 10.1. The summed E-state index contributed by atoms with van der Waals surface area (Å²) in [7, 11) is 1.49. The van der Waals surface area contributed by atoms with Gasteiger partial charge in [0.25, 0.3) is 0 Å². The number of anilines is 1. The smallest absolute Gasteiger partial charge is 0.336 e. The number of benzene rings is 1. The van der Waals surface area contributed by atoms with E-state index in [0.29, 0.717) is 11.3 Å². The number of aromatic carboxylic acids is 1. The van der Waals surface area contributed by atoms with Crippen LogP contribution < -0.4 is 10.6 Å². The molecule has 0 unspecified atom stereocenters. The van der Waals surface area contributed by atoms with Gasteiger partial charge >= 0.3 is 12.0 Å². The molecule has 0 aromatic heterocycles. The molecule has 1 aromatic rings.